The molecule has 1 aromatic heterocycles. The van der Waals surface area contributed by atoms with Gasteiger partial charge >= 0.3 is 0 Å². The number of para-hydroxylation sites is 1. The molecule has 24 heavy (non-hydrogen) atoms. The molecule has 1 aliphatic heterocycles. The van der Waals surface area contributed by atoms with Crippen LogP contribution < -0.4 is 10.6 Å². The van der Waals surface area contributed by atoms with Crippen LogP contribution in [0.3, 0.4) is 0 Å². The molecule has 0 radical (unpaired) electrons. The Morgan fingerprint density at radius 3 is 2.75 bits per heavy atom. The highest BCUT2D eigenvalue weighted by molar-refractivity contribution is 5.93. The van der Waals surface area contributed by atoms with Crippen molar-refractivity contribution in [1.29, 1.82) is 0 Å². The zero-order valence-corrected chi connectivity index (χ0v) is 13.4. The molecule has 0 aliphatic carbocycles. The van der Waals surface area contributed by atoms with E-state index in [9.17, 15) is 9.59 Å². The Morgan fingerprint density at radius 1 is 1.17 bits per heavy atom. The Bertz CT molecular complexity index is 670. The molecule has 1 aromatic carbocycles. The average molecular weight is 327 g/mol. The zero-order valence-electron chi connectivity index (χ0n) is 13.4. The second kappa shape index (κ2) is 7.79. The molecule has 0 bridgehead atoms. The summed E-state index contributed by atoms with van der Waals surface area (Å²) >= 11 is 0. The third kappa shape index (κ3) is 4.23. The second-order valence-corrected chi connectivity index (χ2v) is 5.84. The summed E-state index contributed by atoms with van der Waals surface area (Å²) < 4.78 is 5.21. The maximum absolute atomic E-state index is 12.4. The van der Waals surface area contributed by atoms with Gasteiger partial charge in [0.25, 0.3) is 0 Å². The lowest BCUT2D eigenvalue weighted by Gasteiger charge is -2.22. The monoisotopic (exact) mass is 327 g/mol. The molecule has 1 aliphatic rings. The lowest BCUT2D eigenvalue weighted by Crippen LogP contribution is -2.45. The summed E-state index contributed by atoms with van der Waals surface area (Å²) in [5, 5.41) is 5.73. The van der Waals surface area contributed by atoms with Crippen molar-refractivity contribution in [3.8, 4) is 0 Å². The van der Waals surface area contributed by atoms with Gasteiger partial charge < -0.3 is 15.1 Å². The summed E-state index contributed by atoms with van der Waals surface area (Å²) in [5.41, 5.74) is 0.764. The van der Waals surface area contributed by atoms with Crippen LogP contribution in [0.25, 0.3) is 0 Å². The van der Waals surface area contributed by atoms with Crippen molar-refractivity contribution in [3.63, 3.8) is 0 Å². The molecule has 2 amide bonds. The second-order valence-electron chi connectivity index (χ2n) is 5.84. The number of benzene rings is 1. The van der Waals surface area contributed by atoms with Crippen molar-refractivity contribution in [1.82, 2.24) is 10.2 Å². The summed E-state index contributed by atoms with van der Waals surface area (Å²) in [6.07, 6.45) is 3.26. The number of carbonyl (C=O) groups excluding carboxylic acids is 2. The van der Waals surface area contributed by atoms with Crippen LogP contribution in [0.4, 0.5) is 5.69 Å². The fourth-order valence-corrected chi connectivity index (χ4v) is 2.92. The third-order valence-electron chi connectivity index (χ3n) is 4.09. The van der Waals surface area contributed by atoms with E-state index in [0.717, 1.165) is 30.8 Å². The lowest BCUT2D eigenvalue weighted by molar-refractivity contribution is -0.126. The summed E-state index contributed by atoms with van der Waals surface area (Å²) in [5.74, 6) is 0.554. The molecular weight excluding hydrogens is 306 g/mol. The number of nitrogens with one attached hydrogen (secondary N) is 2. The minimum Gasteiger partial charge on any atom is -0.467 e. The number of nitrogens with zero attached hydrogens (tertiary/aromatic N) is 1. The Labute approximate surface area is 140 Å². The topological polar surface area (TPSA) is 74.6 Å². The first-order chi connectivity index (χ1) is 11.7. The van der Waals surface area contributed by atoms with E-state index in [4.69, 9.17) is 4.42 Å². The molecule has 1 atom stereocenters. The van der Waals surface area contributed by atoms with Crippen molar-refractivity contribution in [2.45, 2.75) is 25.4 Å². The van der Waals surface area contributed by atoms with E-state index in [1.165, 1.54) is 0 Å². The Morgan fingerprint density at radius 2 is 2.00 bits per heavy atom. The third-order valence-corrected chi connectivity index (χ3v) is 4.09. The van der Waals surface area contributed by atoms with Crippen LogP contribution >= 0.6 is 0 Å². The average Bonchev–Trinajstić information content (AvgIpc) is 3.25. The van der Waals surface area contributed by atoms with Crippen LogP contribution in [0.2, 0.25) is 0 Å². The Hall–Kier alpha value is -2.60. The quantitative estimate of drug-likeness (QED) is 0.851. The molecular formula is C18H21N3O3. The predicted octanol–water partition coefficient (Wildman–Crippen LogP) is 2.00. The van der Waals surface area contributed by atoms with E-state index >= 15 is 0 Å². The summed E-state index contributed by atoms with van der Waals surface area (Å²) in [6, 6.07) is 12.7. The van der Waals surface area contributed by atoms with Crippen molar-refractivity contribution in [2.24, 2.45) is 0 Å². The molecule has 6 heteroatoms. The fourth-order valence-electron chi connectivity index (χ4n) is 2.92. The smallest absolute Gasteiger partial charge is 0.238 e. The van der Waals surface area contributed by atoms with Crippen LogP contribution in [0, 0.1) is 0 Å². The lowest BCUT2D eigenvalue weighted by atomic mass is 10.2. The van der Waals surface area contributed by atoms with Gasteiger partial charge in [0.15, 0.2) is 0 Å². The van der Waals surface area contributed by atoms with Crippen LogP contribution in [-0.4, -0.2) is 35.8 Å². The van der Waals surface area contributed by atoms with Gasteiger partial charge in [-0.1, -0.05) is 18.2 Å². The summed E-state index contributed by atoms with van der Waals surface area (Å²) in [6.45, 7) is 1.33. The van der Waals surface area contributed by atoms with Crippen molar-refractivity contribution < 1.29 is 14.0 Å². The van der Waals surface area contributed by atoms with Gasteiger partial charge in [-0.25, -0.2) is 0 Å². The SMILES string of the molecule is O=C(CN1CCCC1C(=O)NCc1ccco1)Nc1ccccc1. The first-order valence-electron chi connectivity index (χ1n) is 8.11. The van der Waals surface area contributed by atoms with Gasteiger partial charge in [0.1, 0.15) is 5.76 Å². The van der Waals surface area contributed by atoms with Crippen LogP contribution in [-0.2, 0) is 16.1 Å². The molecule has 1 unspecified atom stereocenters. The molecule has 2 N–H and O–H groups in total. The molecule has 0 spiro atoms. The number of hydrogen-bond donors (Lipinski definition) is 2. The molecule has 126 valence electrons. The van der Waals surface area contributed by atoms with Gasteiger partial charge in [-0.2, -0.15) is 0 Å². The highest BCUT2D eigenvalue weighted by Gasteiger charge is 2.31. The maximum Gasteiger partial charge on any atom is 0.238 e. The number of carbonyl (C=O) groups is 2. The van der Waals surface area contributed by atoms with E-state index in [0.29, 0.717) is 6.54 Å². The normalized spacial score (nSPS) is 17.6. The van der Waals surface area contributed by atoms with Gasteiger partial charge in [-0.15, -0.1) is 0 Å². The minimum absolute atomic E-state index is 0.0589. The van der Waals surface area contributed by atoms with Crippen LogP contribution in [0.5, 0.6) is 0 Å². The molecule has 2 aromatic rings. The van der Waals surface area contributed by atoms with Crippen molar-refractivity contribution in [3.05, 3.63) is 54.5 Å². The molecule has 1 saturated heterocycles. The number of anilines is 1. The first kappa shape index (κ1) is 16.3. The van der Waals surface area contributed by atoms with Gasteiger partial charge in [-0.05, 0) is 43.7 Å². The van der Waals surface area contributed by atoms with Crippen LogP contribution in [0.1, 0.15) is 18.6 Å². The van der Waals surface area contributed by atoms with Crippen molar-refractivity contribution in [2.75, 3.05) is 18.4 Å². The molecule has 6 nitrogen and oxygen atoms in total. The molecule has 0 saturated carbocycles. The Balaban J connectivity index is 1.51. The molecule has 1 fully saturated rings. The fraction of sp³-hybridized carbons (Fsp3) is 0.333. The number of likely N-dealkylation sites (tertiary alicyclic amines) is 1. The van der Waals surface area contributed by atoms with E-state index < -0.39 is 0 Å². The van der Waals surface area contributed by atoms with Crippen molar-refractivity contribution >= 4 is 17.5 Å². The van der Waals surface area contributed by atoms with Gasteiger partial charge in [0.05, 0.1) is 25.4 Å². The Kier molecular flexibility index (Phi) is 5.28. The maximum atomic E-state index is 12.4. The van der Waals surface area contributed by atoms with E-state index in [1.54, 1.807) is 12.3 Å². The van der Waals surface area contributed by atoms with Gasteiger partial charge in [0.2, 0.25) is 11.8 Å². The molecule has 2 heterocycles. The van der Waals surface area contributed by atoms with Gasteiger partial charge in [0, 0.05) is 5.69 Å². The number of amides is 2. The molecule has 3 rings (SSSR count). The highest BCUT2D eigenvalue weighted by atomic mass is 16.3. The number of hydrogen-bond acceptors (Lipinski definition) is 4. The van der Waals surface area contributed by atoms with E-state index in [-0.39, 0.29) is 24.4 Å². The highest BCUT2D eigenvalue weighted by Crippen LogP contribution is 2.17. The zero-order chi connectivity index (χ0) is 16.8. The standard InChI is InChI=1S/C18H21N3O3/c22-17(20-14-6-2-1-3-7-14)13-21-10-4-9-16(21)18(23)19-12-15-8-5-11-24-15/h1-3,5-8,11,16H,4,9-10,12-13H2,(H,19,23)(H,20,22). The largest absolute Gasteiger partial charge is 0.467 e. The van der Waals surface area contributed by atoms with E-state index in [1.807, 2.05) is 41.3 Å². The first-order valence-corrected chi connectivity index (χ1v) is 8.11. The summed E-state index contributed by atoms with van der Waals surface area (Å²) in [4.78, 5) is 26.5. The van der Waals surface area contributed by atoms with Crippen LogP contribution in [0.15, 0.2) is 53.1 Å². The predicted molar refractivity (Wildman–Crippen MR) is 90.2 cm³/mol. The summed E-state index contributed by atoms with van der Waals surface area (Å²) in [7, 11) is 0. The number of furan rings is 1. The van der Waals surface area contributed by atoms with E-state index in [2.05, 4.69) is 10.6 Å². The minimum atomic E-state index is -0.263. The van der Waals surface area contributed by atoms with Gasteiger partial charge in [-0.3, -0.25) is 14.5 Å². The number of rotatable bonds is 6.